The van der Waals surface area contributed by atoms with Crippen LogP contribution in [-0.4, -0.2) is 35.7 Å². The van der Waals surface area contributed by atoms with E-state index in [9.17, 15) is 14.7 Å². The van der Waals surface area contributed by atoms with Crippen molar-refractivity contribution in [1.29, 1.82) is 0 Å². The summed E-state index contributed by atoms with van der Waals surface area (Å²) in [5.41, 5.74) is -0.890. The molecular formula is C14H15Cl2NO4. The number of ether oxygens (including phenoxy) is 1. The number of benzene rings is 1. The van der Waals surface area contributed by atoms with Crippen molar-refractivity contribution in [3.8, 4) is 0 Å². The number of halogens is 2. The molecule has 2 rings (SSSR count). The first-order valence-corrected chi connectivity index (χ1v) is 7.25. The predicted molar refractivity (Wildman–Crippen MR) is 78.7 cm³/mol. The first-order chi connectivity index (χ1) is 9.94. The van der Waals surface area contributed by atoms with Gasteiger partial charge >= 0.3 is 5.97 Å². The topological polar surface area (TPSA) is 75.6 Å². The quantitative estimate of drug-likeness (QED) is 0.887. The third kappa shape index (κ3) is 3.67. The fourth-order valence-electron chi connectivity index (χ4n) is 2.29. The zero-order chi connectivity index (χ0) is 15.5. The highest BCUT2D eigenvalue weighted by Crippen LogP contribution is 2.25. The minimum absolute atomic E-state index is 0.0374. The fourth-order valence-corrected chi connectivity index (χ4v) is 2.82. The maximum Gasteiger partial charge on any atom is 0.331 e. The highest BCUT2D eigenvalue weighted by Gasteiger charge is 2.42. The van der Waals surface area contributed by atoms with Gasteiger partial charge in [-0.15, -0.1) is 0 Å². The average Bonchev–Trinajstić information content (AvgIpc) is 2.44. The van der Waals surface area contributed by atoms with E-state index in [-0.39, 0.29) is 13.0 Å². The zero-order valence-corrected chi connectivity index (χ0v) is 12.7. The van der Waals surface area contributed by atoms with Crippen molar-refractivity contribution in [3.63, 3.8) is 0 Å². The number of nitrogens with one attached hydrogen (secondary N) is 1. The lowest BCUT2D eigenvalue weighted by Crippen LogP contribution is -2.59. The van der Waals surface area contributed by atoms with E-state index in [0.717, 1.165) is 0 Å². The summed E-state index contributed by atoms with van der Waals surface area (Å²) in [6, 6.07) is 4.94. The number of carbonyl (C=O) groups excluding carboxylic acids is 1. The van der Waals surface area contributed by atoms with E-state index in [1.807, 2.05) is 0 Å². The van der Waals surface area contributed by atoms with Crippen LogP contribution in [-0.2, 0) is 20.7 Å². The summed E-state index contributed by atoms with van der Waals surface area (Å²) >= 11 is 12.0. The lowest BCUT2D eigenvalue weighted by Gasteiger charge is -2.33. The summed E-state index contributed by atoms with van der Waals surface area (Å²) in [6.07, 6.45) is 0.845. The van der Waals surface area contributed by atoms with Crippen molar-refractivity contribution in [1.82, 2.24) is 5.32 Å². The molecule has 0 bridgehead atoms. The third-order valence-electron chi connectivity index (χ3n) is 3.43. The van der Waals surface area contributed by atoms with E-state index in [0.29, 0.717) is 35.1 Å². The van der Waals surface area contributed by atoms with Crippen LogP contribution in [0, 0.1) is 0 Å². The smallest absolute Gasteiger partial charge is 0.331 e. The van der Waals surface area contributed by atoms with E-state index >= 15 is 0 Å². The van der Waals surface area contributed by atoms with Crippen LogP contribution in [0.15, 0.2) is 18.2 Å². The Bertz CT molecular complexity index is 536. The molecule has 1 aromatic rings. The molecule has 0 radical (unpaired) electrons. The normalized spacial score (nSPS) is 21.8. The molecule has 1 aliphatic heterocycles. The van der Waals surface area contributed by atoms with Gasteiger partial charge < -0.3 is 15.2 Å². The van der Waals surface area contributed by atoms with Gasteiger partial charge in [-0.2, -0.15) is 0 Å². The molecule has 2 N–H and O–H groups in total. The monoisotopic (exact) mass is 331 g/mol. The van der Waals surface area contributed by atoms with Crippen molar-refractivity contribution in [2.24, 2.45) is 0 Å². The second-order valence-corrected chi connectivity index (χ2v) is 5.78. The van der Waals surface area contributed by atoms with Crippen LogP contribution in [0.25, 0.3) is 0 Å². The Kier molecular flexibility index (Phi) is 5.08. The molecule has 114 valence electrons. The van der Waals surface area contributed by atoms with Crippen molar-refractivity contribution in [2.45, 2.75) is 24.8 Å². The molecule has 1 amide bonds. The molecule has 21 heavy (non-hydrogen) atoms. The van der Waals surface area contributed by atoms with Crippen molar-refractivity contribution in [2.75, 3.05) is 13.2 Å². The number of rotatable bonds is 4. The zero-order valence-electron chi connectivity index (χ0n) is 11.2. The minimum atomic E-state index is -1.37. The molecular weight excluding hydrogens is 317 g/mol. The first kappa shape index (κ1) is 16.1. The number of aliphatic carboxylic acids is 1. The van der Waals surface area contributed by atoms with Gasteiger partial charge in [-0.05, 0) is 30.5 Å². The molecule has 1 heterocycles. The summed E-state index contributed by atoms with van der Waals surface area (Å²) in [6.45, 7) is 0.464. The molecule has 0 spiro atoms. The van der Waals surface area contributed by atoms with Crippen LogP contribution in [0.1, 0.15) is 18.4 Å². The largest absolute Gasteiger partial charge is 0.479 e. The summed E-state index contributed by atoms with van der Waals surface area (Å²) < 4.78 is 5.20. The van der Waals surface area contributed by atoms with Gasteiger partial charge in [0.1, 0.15) is 0 Å². The van der Waals surface area contributed by atoms with Crippen molar-refractivity contribution < 1.29 is 19.4 Å². The number of carbonyl (C=O) groups is 2. The van der Waals surface area contributed by atoms with Gasteiger partial charge in [0.15, 0.2) is 5.54 Å². The lowest BCUT2D eigenvalue weighted by molar-refractivity contribution is -0.153. The third-order valence-corrected chi connectivity index (χ3v) is 4.14. The summed E-state index contributed by atoms with van der Waals surface area (Å²) in [5, 5.41) is 12.7. The summed E-state index contributed by atoms with van der Waals surface area (Å²) in [5.74, 6) is -1.54. The van der Waals surface area contributed by atoms with Gasteiger partial charge in [0.2, 0.25) is 5.91 Å². The van der Waals surface area contributed by atoms with Crippen LogP contribution < -0.4 is 5.32 Å². The molecule has 0 saturated carbocycles. The number of carboxylic acid groups (broad SMARTS) is 1. The molecule has 1 fully saturated rings. The van der Waals surface area contributed by atoms with Gasteiger partial charge in [0, 0.05) is 16.7 Å². The van der Waals surface area contributed by atoms with Gasteiger partial charge in [-0.1, -0.05) is 29.3 Å². The highest BCUT2D eigenvalue weighted by molar-refractivity contribution is 6.36. The van der Waals surface area contributed by atoms with Crippen molar-refractivity contribution in [3.05, 3.63) is 33.8 Å². The molecule has 1 aliphatic rings. The molecule has 1 aromatic carbocycles. The summed E-state index contributed by atoms with van der Waals surface area (Å²) in [7, 11) is 0. The Balaban J connectivity index is 2.11. The maximum atomic E-state index is 12.1. The van der Waals surface area contributed by atoms with Crippen LogP contribution in [0.5, 0.6) is 0 Å². The fraction of sp³-hybridized carbons (Fsp3) is 0.429. The Morgan fingerprint density at radius 3 is 2.52 bits per heavy atom. The van der Waals surface area contributed by atoms with Crippen LogP contribution in [0.2, 0.25) is 10.0 Å². The van der Waals surface area contributed by atoms with Gasteiger partial charge in [0.05, 0.1) is 13.0 Å². The van der Waals surface area contributed by atoms with Gasteiger partial charge in [-0.3, -0.25) is 4.79 Å². The standard InChI is InChI=1S/C14H15Cl2NO4/c15-10-3-1-4-11(16)9(10)7-12(18)17-14(13(19)20)5-2-6-21-8-14/h1,3-4H,2,5-8H2,(H,17,18)(H,19,20). The second-order valence-electron chi connectivity index (χ2n) is 4.97. The maximum absolute atomic E-state index is 12.1. The number of carboxylic acids is 1. The van der Waals surface area contributed by atoms with E-state index in [4.69, 9.17) is 27.9 Å². The van der Waals surface area contributed by atoms with E-state index < -0.39 is 17.4 Å². The Labute approximate surface area is 132 Å². The molecule has 0 aromatic heterocycles. The van der Waals surface area contributed by atoms with E-state index in [1.54, 1.807) is 18.2 Å². The molecule has 1 saturated heterocycles. The van der Waals surface area contributed by atoms with Crippen molar-refractivity contribution >= 4 is 35.1 Å². The average molecular weight is 332 g/mol. The Morgan fingerprint density at radius 2 is 2.00 bits per heavy atom. The second kappa shape index (κ2) is 6.64. The molecule has 5 nitrogen and oxygen atoms in total. The van der Waals surface area contributed by atoms with Crippen LogP contribution >= 0.6 is 23.2 Å². The predicted octanol–water partition coefficient (Wildman–Crippen LogP) is 2.29. The van der Waals surface area contributed by atoms with Gasteiger partial charge in [-0.25, -0.2) is 4.79 Å². The highest BCUT2D eigenvalue weighted by atomic mass is 35.5. The minimum Gasteiger partial charge on any atom is -0.479 e. The number of amides is 1. The van der Waals surface area contributed by atoms with E-state index in [1.165, 1.54) is 0 Å². The SMILES string of the molecule is O=C(Cc1c(Cl)cccc1Cl)NC1(C(=O)O)CCCOC1. The lowest BCUT2D eigenvalue weighted by atomic mass is 9.92. The molecule has 1 atom stereocenters. The first-order valence-electron chi connectivity index (χ1n) is 6.50. The Morgan fingerprint density at radius 1 is 1.33 bits per heavy atom. The molecule has 1 unspecified atom stereocenters. The van der Waals surface area contributed by atoms with E-state index in [2.05, 4.69) is 5.32 Å². The number of hydrogen-bond acceptors (Lipinski definition) is 3. The molecule has 7 heteroatoms. The Hall–Kier alpha value is -1.30. The van der Waals surface area contributed by atoms with Crippen LogP contribution in [0.3, 0.4) is 0 Å². The molecule has 0 aliphatic carbocycles. The summed E-state index contributed by atoms with van der Waals surface area (Å²) in [4.78, 5) is 23.6. The van der Waals surface area contributed by atoms with Gasteiger partial charge in [0.25, 0.3) is 0 Å². The number of hydrogen-bond donors (Lipinski definition) is 2. The van der Waals surface area contributed by atoms with Crippen LogP contribution in [0.4, 0.5) is 0 Å².